The third-order valence-electron chi connectivity index (χ3n) is 2.93. The Hall–Kier alpha value is -1.41. The first-order valence-corrected chi connectivity index (χ1v) is 6.36. The summed E-state index contributed by atoms with van der Waals surface area (Å²) in [6, 6.07) is 0. The number of hydrogen-bond acceptors (Lipinski definition) is 6. The van der Waals surface area contributed by atoms with Gasteiger partial charge >= 0.3 is 19.1 Å². The van der Waals surface area contributed by atoms with E-state index in [-0.39, 0.29) is 25.0 Å². The van der Waals surface area contributed by atoms with Gasteiger partial charge in [-0.05, 0) is 7.05 Å². The molecule has 7 nitrogen and oxygen atoms in total. The van der Waals surface area contributed by atoms with Gasteiger partial charge in [-0.2, -0.15) is 0 Å². The van der Waals surface area contributed by atoms with Crippen LogP contribution in [0, 0.1) is 0 Å². The van der Waals surface area contributed by atoms with Gasteiger partial charge in [-0.15, -0.1) is 0 Å². The van der Waals surface area contributed by atoms with E-state index in [1.54, 1.807) is 11.9 Å². The number of nitrogens with zero attached hydrogens (tertiary/aromatic N) is 2. The second-order valence-electron chi connectivity index (χ2n) is 4.65. The summed E-state index contributed by atoms with van der Waals surface area (Å²) in [5.74, 6) is -0.759. The number of carbonyl (C=O) groups excluding carboxylic acids is 2. The predicted octanol–water partition coefficient (Wildman–Crippen LogP) is -1.38. The van der Waals surface area contributed by atoms with E-state index in [1.807, 2.05) is 6.21 Å². The lowest BCUT2D eigenvalue weighted by molar-refractivity contribution is -0.545. The Labute approximate surface area is 112 Å². The molecule has 0 saturated carbocycles. The first kappa shape index (κ1) is 14.0. The van der Waals surface area contributed by atoms with Crippen molar-refractivity contribution < 1.29 is 28.2 Å². The van der Waals surface area contributed by atoms with Gasteiger partial charge in [0.1, 0.15) is 19.4 Å². The maximum atomic E-state index is 11.5. The number of hydrogen-bond donors (Lipinski definition) is 0. The first-order valence-electron chi connectivity index (χ1n) is 6.36. The Kier molecular flexibility index (Phi) is 4.92. The molecule has 2 heterocycles. The van der Waals surface area contributed by atoms with Gasteiger partial charge in [0.15, 0.2) is 13.1 Å². The van der Waals surface area contributed by atoms with Crippen LogP contribution >= 0.6 is 0 Å². The smallest absolute Gasteiger partial charge is 0.498 e. The molecule has 0 spiro atoms. The van der Waals surface area contributed by atoms with Crippen LogP contribution < -0.4 is 0 Å². The first-order chi connectivity index (χ1) is 9.13. The zero-order valence-corrected chi connectivity index (χ0v) is 11.0. The maximum Gasteiger partial charge on any atom is 0.608 e. The Balaban J connectivity index is 1.90. The number of likely N-dealkylation sites (N-methyl/N-ethyl adjacent to an activating group) is 1. The lowest BCUT2D eigenvalue weighted by Gasteiger charge is -2.21. The van der Waals surface area contributed by atoms with Gasteiger partial charge in [0.05, 0.1) is 19.4 Å². The molecule has 0 aliphatic carbocycles. The Morgan fingerprint density at radius 2 is 1.79 bits per heavy atom. The fraction of sp³-hybridized carbons (Fsp3) is 0.727. The van der Waals surface area contributed by atoms with E-state index < -0.39 is 7.12 Å². The average Bonchev–Trinajstić information content (AvgIpc) is 2.35. The zero-order chi connectivity index (χ0) is 13.7. The molecule has 0 bridgehead atoms. The third kappa shape index (κ3) is 4.64. The summed E-state index contributed by atoms with van der Waals surface area (Å²) in [5.41, 5.74) is 0. The fourth-order valence-corrected chi connectivity index (χ4v) is 1.98. The van der Waals surface area contributed by atoms with Crippen LogP contribution in [0.25, 0.3) is 0 Å². The molecule has 2 saturated heterocycles. The minimum absolute atomic E-state index is 0.100. The van der Waals surface area contributed by atoms with Crippen molar-refractivity contribution in [2.45, 2.75) is 6.32 Å². The van der Waals surface area contributed by atoms with Crippen LogP contribution in [-0.4, -0.2) is 81.2 Å². The lowest BCUT2D eigenvalue weighted by atomic mass is 9.85. The second kappa shape index (κ2) is 6.67. The van der Waals surface area contributed by atoms with Crippen LogP contribution in [0.4, 0.5) is 0 Å². The zero-order valence-electron chi connectivity index (χ0n) is 11.0. The molecule has 2 aliphatic heterocycles. The highest BCUT2D eigenvalue weighted by Gasteiger charge is 2.32. The molecule has 2 rings (SSSR count). The molecule has 0 aromatic heterocycles. The molecule has 0 N–H and O–H groups in total. The van der Waals surface area contributed by atoms with Crippen molar-refractivity contribution in [3.05, 3.63) is 0 Å². The van der Waals surface area contributed by atoms with Gasteiger partial charge in [0.25, 0.3) is 0 Å². The molecule has 2 fully saturated rings. The van der Waals surface area contributed by atoms with E-state index in [0.717, 1.165) is 13.1 Å². The van der Waals surface area contributed by atoms with E-state index in [2.05, 4.69) is 4.58 Å². The van der Waals surface area contributed by atoms with Crippen molar-refractivity contribution in [1.82, 2.24) is 4.90 Å². The van der Waals surface area contributed by atoms with Crippen LogP contribution in [0.3, 0.4) is 0 Å². The largest absolute Gasteiger partial charge is 0.608 e. The monoisotopic (exact) mass is 269 g/mol. The van der Waals surface area contributed by atoms with E-state index in [0.29, 0.717) is 19.5 Å². The van der Waals surface area contributed by atoms with Crippen molar-refractivity contribution in [1.29, 1.82) is 0 Å². The molecule has 2 aliphatic rings. The molecule has 0 radical (unpaired) electrons. The van der Waals surface area contributed by atoms with Gasteiger partial charge in [-0.3, -0.25) is 14.5 Å². The molecule has 0 atom stereocenters. The summed E-state index contributed by atoms with van der Waals surface area (Å²) >= 11 is 0. The number of rotatable bonds is 2. The summed E-state index contributed by atoms with van der Waals surface area (Å²) in [7, 11) is 0.847. The highest BCUT2D eigenvalue weighted by atomic mass is 16.6. The van der Waals surface area contributed by atoms with Gasteiger partial charge in [-0.25, -0.2) is 4.58 Å². The van der Waals surface area contributed by atoms with Gasteiger partial charge in [-0.1, -0.05) is 0 Å². The summed E-state index contributed by atoms with van der Waals surface area (Å²) in [4.78, 5) is 24.6. The molecule has 19 heavy (non-hydrogen) atoms. The van der Waals surface area contributed by atoms with E-state index in [9.17, 15) is 9.59 Å². The SMILES string of the molecule is CN1CC(=O)OB(CC=[N+]2CCOCC2)OC(=O)C1. The number of morpholine rings is 1. The molecule has 0 aromatic rings. The summed E-state index contributed by atoms with van der Waals surface area (Å²) in [5, 5.41) is 0. The maximum absolute atomic E-state index is 11.5. The van der Waals surface area contributed by atoms with Crippen LogP contribution in [-0.2, 0) is 23.6 Å². The highest BCUT2D eigenvalue weighted by molar-refractivity contribution is 6.52. The summed E-state index contributed by atoms with van der Waals surface area (Å²) in [6.45, 7) is 3.18. The molecule has 0 amide bonds. The fourth-order valence-electron chi connectivity index (χ4n) is 1.98. The van der Waals surface area contributed by atoms with Crippen molar-refractivity contribution in [3.63, 3.8) is 0 Å². The van der Waals surface area contributed by atoms with Crippen LogP contribution in [0.1, 0.15) is 0 Å². The molecular formula is C11H18BN2O5+. The molecule has 8 heteroatoms. The van der Waals surface area contributed by atoms with E-state index >= 15 is 0 Å². The quantitative estimate of drug-likeness (QED) is 0.454. The Morgan fingerprint density at radius 1 is 1.21 bits per heavy atom. The number of carbonyl (C=O) groups is 2. The number of ether oxygens (including phenoxy) is 1. The highest BCUT2D eigenvalue weighted by Crippen LogP contribution is 2.03. The van der Waals surface area contributed by atoms with E-state index in [1.165, 1.54) is 0 Å². The lowest BCUT2D eigenvalue weighted by Crippen LogP contribution is -2.43. The van der Waals surface area contributed by atoms with Gasteiger partial charge in [0.2, 0.25) is 0 Å². The van der Waals surface area contributed by atoms with E-state index in [4.69, 9.17) is 14.0 Å². The third-order valence-corrected chi connectivity index (χ3v) is 2.93. The topological polar surface area (TPSA) is 68.1 Å². The Bertz CT molecular complexity index is 359. The minimum Gasteiger partial charge on any atom is -0.498 e. The van der Waals surface area contributed by atoms with Crippen molar-refractivity contribution in [2.24, 2.45) is 0 Å². The average molecular weight is 269 g/mol. The van der Waals surface area contributed by atoms with Gasteiger partial charge < -0.3 is 14.0 Å². The standard InChI is InChI=1S/C11H18BN2O5/c1-13-8-10(15)18-12(19-11(16)9-13)2-3-14-4-6-17-7-5-14/h3H,2,4-9H2,1H3/q+1. The van der Waals surface area contributed by atoms with Crippen LogP contribution in [0.2, 0.25) is 6.32 Å². The van der Waals surface area contributed by atoms with Gasteiger partial charge in [0, 0.05) is 0 Å². The molecular weight excluding hydrogens is 251 g/mol. The van der Waals surface area contributed by atoms with Crippen molar-refractivity contribution in [3.8, 4) is 0 Å². The van der Waals surface area contributed by atoms with Crippen molar-refractivity contribution >= 4 is 25.3 Å². The minimum atomic E-state index is -0.823. The van der Waals surface area contributed by atoms with Crippen molar-refractivity contribution in [2.75, 3.05) is 46.4 Å². The Morgan fingerprint density at radius 3 is 2.37 bits per heavy atom. The second-order valence-corrected chi connectivity index (χ2v) is 4.65. The summed E-state index contributed by atoms with van der Waals surface area (Å²) in [6.07, 6.45) is 2.28. The normalized spacial score (nSPS) is 22.4. The van der Waals surface area contributed by atoms with Crippen LogP contribution in [0.15, 0.2) is 0 Å². The molecule has 104 valence electrons. The van der Waals surface area contributed by atoms with Crippen LogP contribution in [0.5, 0.6) is 0 Å². The predicted molar refractivity (Wildman–Crippen MR) is 67.1 cm³/mol. The summed E-state index contributed by atoms with van der Waals surface area (Å²) < 4.78 is 17.5. The molecule has 0 aromatic carbocycles. The molecule has 0 unspecified atom stereocenters.